The molecule has 0 atom stereocenters. The quantitative estimate of drug-likeness (QED) is 0.447. The number of methoxy groups -OCH3 is 1. The number of halogens is 2. The molecule has 1 aromatic heterocycles. The molecule has 3 rings (SSSR count). The van der Waals surface area contributed by atoms with Gasteiger partial charge >= 0.3 is 0 Å². The van der Waals surface area contributed by atoms with Crippen LogP contribution in [-0.2, 0) is 11.5 Å². The molecule has 0 aliphatic rings. The zero-order valence-corrected chi connectivity index (χ0v) is 17.6. The number of hydrogen-bond acceptors (Lipinski definition) is 6. The molecule has 7 nitrogen and oxygen atoms in total. The monoisotopic (exact) mass is 431 g/mol. The topological polar surface area (TPSA) is 81.4 Å². The number of nitrogens with one attached hydrogen (secondary N) is 1. The molecule has 0 saturated carbocycles. The Morgan fingerprint density at radius 1 is 1.24 bits per heavy atom. The van der Waals surface area contributed by atoms with E-state index in [0.29, 0.717) is 21.3 Å². The molecular weight excluding hydrogens is 413 g/mol. The van der Waals surface area contributed by atoms with Crippen molar-refractivity contribution in [3.8, 4) is 11.1 Å². The van der Waals surface area contributed by atoms with E-state index in [4.69, 9.17) is 27.9 Å². The molecule has 2 aromatic carbocycles. The summed E-state index contributed by atoms with van der Waals surface area (Å²) in [5.74, 6) is -0.220. The first kappa shape index (κ1) is 21.0. The smallest absolute Gasteiger partial charge is 0.248 e. The van der Waals surface area contributed by atoms with Crippen LogP contribution in [0.25, 0.3) is 11.1 Å². The Hall–Kier alpha value is -2.74. The van der Waals surface area contributed by atoms with E-state index < -0.39 is 0 Å². The Bertz CT molecular complexity index is 1080. The van der Waals surface area contributed by atoms with Crippen molar-refractivity contribution in [2.75, 3.05) is 26.5 Å². The van der Waals surface area contributed by atoms with Crippen molar-refractivity contribution >= 4 is 40.4 Å². The van der Waals surface area contributed by atoms with Crippen molar-refractivity contribution in [2.24, 2.45) is 4.99 Å². The Labute approximate surface area is 178 Å². The van der Waals surface area contributed by atoms with Gasteiger partial charge in [0.1, 0.15) is 18.8 Å². The molecule has 0 bridgehead atoms. The van der Waals surface area contributed by atoms with Gasteiger partial charge in [-0.05, 0) is 12.1 Å². The second kappa shape index (κ2) is 9.17. The van der Waals surface area contributed by atoms with Crippen LogP contribution >= 0.6 is 23.2 Å². The van der Waals surface area contributed by atoms with Crippen LogP contribution in [0.15, 0.2) is 47.7 Å². The fourth-order valence-corrected chi connectivity index (χ4v) is 3.57. The van der Waals surface area contributed by atoms with Gasteiger partial charge in [0, 0.05) is 47.9 Å². The van der Waals surface area contributed by atoms with E-state index in [9.17, 15) is 4.79 Å². The van der Waals surface area contributed by atoms with E-state index in [1.54, 1.807) is 26.2 Å². The molecule has 1 N–H and O–H groups in total. The number of benzene rings is 2. The maximum Gasteiger partial charge on any atom is 0.248 e. The second-order valence-electron chi connectivity index (χ2n) is 6.00. The number of anilines is 1. The highest BCUT2D eigenvalue weighted by Gasteiger charge is 2.24. The number of carbonyl (C=O) groups excluding carboxylic acids is 1. The first-order valence-corrected chi connectivity index (χ1v) is 9.42. The summed E-state index contributed by atoms with van der Waals surface area (Å²) in [7, 11) is 4.85. The van der Waals surface area contributed by atoms with Crippen molar-refractivity contribution in [1.82, 2.24) is 14.8 Å². The van der Waals surface area contributed by atoms with Crippen LogP contribution in [0.4, 0.5) is 5.69 Å². The van der Waals surface area contributed by atoms with Gasteiger partial charge in [0.15, 0.2) is 0 Å². The molecule has 1 heterocycles. The number of para-hydroxylation sites is 1. The lowest BCUT2D eigenvalue weighted by Crippen LogP contribution is -2.23. The normalized spacial score (nSPS) is 11.6. The first-order valence-electron chi connectivity index (χ1n) is 8.66. The van der Waals surface area contributed by atoms with Crippen molar-refractivity contribution in [3.63, 3.8) is 0 Å². The summed E-state index contributed by atoms with van der Waals surface area (Å²) in [6.07, 6.45) is 1.31. The van der Waals surface area contributed by atoms with Crippen LogP contribution in [0.1, 0.15) is 16.2 Å². The molecule has 0 saturated heterocycles. The third-order valence-electron chi connectivity index (χ3n) is 4.30. The largest absolute Gasteiger partial charge is 0.387 e. The van der Waals surface area contributed by atoms with Crippen LogP contribution in [0.2, 0.25) is 10.0 Å². The van der Waals surface area contributed by atoms with Crippen LogP contribution in [0, 0.1) is 0 Å². The zero-order chi connectivity index (χ0) is 21.0. The van der Waals surface area contributed by atoms with Crippen molar-refractivity contribution in [2.45, 2.75) is 6.73 Å². The SMILES string of the molecule is CN=C(C(=O)c1ncnn1COC)c1cccc(-c2ccc(Cl)cc2Cl)c1NC. The van der Waals surface area contributed by atoms with E-state index >= 15 is 0 Å². The van der Waals surface area contributed by atoms with Crippen LogP contribution in [0.5, 0.6) is 0 Å². The Balaban J connectivity index is 2.12. The third-order valence-corrected chi connectivity index (χ3v) is 4.85. The minimum Gasteiger partial charge on any atom is -0.387 e. The molecule has 0 aliphatic heterocycles. The lowest BCUT2D eigenvalue weighted by Gasteiger charge is -2.16. The Morgan fingerprint density at radius 2 is 2.03 bits per heavy atom. The summed E-state index contributed by atoms with van der Waals surface area (Å²) in [6.45, 7) is 0.109. The standard InChI is InChI=1S/C20H19Cl2N5O2/c1-23-17-14(13-8-7-12(21)9-16(13)22)5-4-6-15(17)18(24-2)19(28)20-25-10-26-27(20)11-29-3/h4-10,23H,11H2,1-3H3. The van der Waals surface area contributed by atoms with E-state index in [0.717, 1.165) is 11.1 Å². The average molecular weight is 432 g/mol. The number of aliphatic imine (C=N–C) groups is 1. The van der Waals surface area contributed by atoms with Gasteiger partial charge in [0.05, 0.1) is 5.69 Å². The minimum absolute atomic E-state index is 0.109. The molecule has 0 unspecified atom stereocenters. The predicted molar refractivity (Wildman–Crippen MR) is 115 cm³/mol. The van der Waals surface area contributed by atoms with Crippen LogP contribution in [-0.4, -0.2) is 47.5 Å². The van der Waals surface area contributed by atoms with E-state index in [1.807, 2.05) is 24.3 Å². The van der Waals surface area contributed by atoms with Gasteiger partial charge in [-0.15, -0.1) is 0 Å². The molecule has 0 fully saturated rings. The Morgan fingerprint density at radius 3 is 2.69 bits per heavy atom. The highest BCUT2D eigenvalue weighted by molar-refractivity contribution is 6.51. The fourth-order valence-electron chi connectivity index (χ4n) is 3.06. The highest BCUT2D eigenvalue weighted by Crippen LogP contribution is 2.37. The molecule has 0 amide bonds. The number of rotatable bonds is 7. The molecule has 29 heavy (non-hydrogen) atoms. The van der Waals surface area contributed by atoms with Crippen LogP contribution < -0.4 is 5.32 Å². The maximum atomic E-state index is 13.2. The maximum absolute atomic E-state index is 13.2. The summed E-state index contributed by atoms with van der Waals surface area (Å²) < 4.78 is 6.45. The number of nitrogens with zero attached hydrogens (tertiary/aromatic N) is 4. The molecule has 0 radical (unpaired) electrons. The summed E-state index contributed by atoms with van der Waals surface area (Å²) in [5, 5.41) is 8.24. The van der Waals surface area contributed by atoms with Gasteiger partial charge in [-0.25, -0.2) is 9.67 Å². The van der Waals surface area contributed by atoms with Gasteiger partial charge in [-0.1, -0.05) is 47.5 Å². The van der Waals surface area contributed by atoms with Gasteiger partial charge in [0.2, 0.25) is 11.6 Å². The number of ether oxygens (including phenoxy) is 1. The number of carbonyl (C=O) groups is 1. The van der Waals surface area contributed by atoms with Crippen molar-refractivity contribution < 1.29 is 9.53 Å². The molecule has 9 heteroatoms. The summed E-state index contributed by atoms with van der Waals surface area (Å²) >= 11 is 12.4. The van der Waals surface area contributed by atoms with Gasteiger partial charge in [0.25, 0.3) is 0 Å². The van der Waals surface area contributed by atoms with Gasteiger partial charge in [-0.3, -0.25) is 9.79 Å². The first-order chi connectivity index (χ1) is 14.0. The van der Waals surface area contributed by atoms with Gasteiger partial charge in [-0.2, -0.15) is 5.10 Å². The van der Waals surface area contributed by atoms with E-state index in [-0.39, 0.29) is 24.1 Å². The molecule has 0 spiro atoms. The molecule has 0 aliphatic carbocycles. The van der Waals surface area contributed by atoms with Crippen molar-refractivity contribution in [3.05, 3.63) is 64.2 Å². The second-order valence-corrected chi connectivity index (χ2v) is 6.85. The number of aromatic nitrogens is 3. The average Bonchev–Trinajstić information content (AvgIpc) is 3.17. The Kier molecular flexibility index (Phi) is 6.64. The summed E-state index contributed by atoms with van der Waals surface area (Å²) in [6, 6.07) is 10.9. The predicted octanol–water partition coefficient (Wildman–Crippen LogP) is 4.20. The third kappa shape index (κ3) is 4.17. The van der Waals surface area contributed by atoms with Gasteiger partial charge < -0.3 is 10.1 Å². The highest BCUT2D eigenvalue weighted by atomic mass is 35.5. The van der Waals surface area contributed by atoms with E-state index in [2.05, 4.69) is 20.4 Å². The summed E-state index contributed by atoms with van der Waals surface area (Å²) in [4.78, 5) is 21.5. The lowest BCUT2D eigenvalue weighted by molar-refractivity contribution is 0.0983. The van der Waals surface area contributed by atoms with Crippen LogP contribution in [0.3, 0.4) is 0 Å². The number of hydrogen-bond donors (Lipinski definition) is 1. The molecule has 150 valence electrons. The zero-order valence-electron chi connectivity index (χ0n) is 16.1. The molecule has 3 aromatic rings. The van der Waals surface area contributed by atoms with Crippen molar-refractivity contribution in [1.29, 1.82) is 0 Å². The van der Waals surface area contributed by atoms with E-state index in [1.165, 1.54) is 18.1 Å². The number of Topliss-reactive ketones (excluding diaryl/α,β-unsaturated/α-hetero) is 1. The minimum atomic E-state index is -0.363. The fraction of sp³-hybridized carbons (Fsp3) is 0.200. The summed E-state index contributed by atoms with van der Waals surface area (Å²) in [5.41, 5.74) is 3.18. The molecular formula is C20H19Cl2N5O2. The lowest BCUT2D eigenvalue weighted by atomic mass is 9.95. The number of ketones is 1.